The number of sulfonamides is 1. The van der Waals surface area contributed by atoms with Crippen LogP contribution in [0, 0.1) is 5.92 Å². The highest BCUT2D eigenvalue weighted by atomic mass is 127. The molecule has 0 spiro atoms. The molecule has 7 nitrogen and oxygen atoms in total. The lowest BCUT2D eigenvalue weighted by molar-refractivity contribution is 0.0258. The number of ether oxygens (including phenoxy) is 1. The smallest absolute Gasteiger partial charge is 0.252 e. The van der Waals surface area contributed by atoms with Gasteiger partial charge in [0.1, 0.15) is 4.21 Å². The molecule has 0 aromatic carbocycles. The Morgan fingerprint density at radius 3 is 2.53 bits per heavy atom. The maximum Gasteiger partial charge on any atom is 0.252 e. The minimum atomic E-state index is -3.36. The Kier molecular flexibility index (Phi) is 12.8. The molecule has 174 valence electrons. The lowest BCUT2D eigenvalue weighted by atomic mass is 10.0. The van der Waals surface area contributed by atoms with Crippen molar-refractivity contribution in [1.82, 2.24) is 14.9 Å². The molecule has 1 aliphatic heterocycles. The summed E-state index contributed by atoms with van der Waals surface area (Å²) in [6.07, 6.45) is 4.14. The summed E-state index contributed by atoms with van der Waals surface area (Å²) in [6.45, 7) is 9.63. The van der Waals surface area contributed by atoms with Gasteiger partial charge in [0.05, 0.1) is 12.6 Å². The average molecular weight is 573 g/mol. The number of halogens is 1. The van der Waals surface area contributed by atoms with E-state index in [0.29, 0.717) is 35.7 Å². The molecule has 1 atom stereocenters. The monoisotopic (exact) mass is 572 g/mol. The van der Waals surface area contributed by atoms with Crippen LogP contribution in [-0.4, -0.2) is 58.1 Å². The molecule has 0 saturated carbocycles. The molecule has 1 saturated heterocycles. The minimum Gasteiger partial charge on any atom is -0.378 e. The second-order valence-corrected chi connectivity index (χ2v) is 10.9. The van der Waals surface area contributed by atoms with Gasteiger partial charge in [0.25, 0.3) is 10.0 Å². The molecular formula is C20H37IN4O3S2. The first-order valence-electron chi connectivity index (χ1n) is 10.5. The normalized spacial score (nSPS) is 16.9. The van der Waals surface area contributed by atoms with Crippen LogP contribution in [-0.2, 0) is 21.3 Å². The molecule has 1 unspecified atom stereocenters. The Morgan fingerprint density at radius 2 is 1.93 bits per heavy atom. The SMILES string of the molecule is CCOC(CCNC(=NC)NCc1ccc(S(=O)(=O)N2CCCCC2)s1)C(C)C.I. The van der Waals surface area contributed by atoms with Crippen molar-refractivity contribution in [2.24, 2.45) is 10.9 Å². The maximum absolute atomic E-state index is 12.8. The summed E-state index contributed by atoms with van der Waals surface area (Å²) in [7, 11) is -1.62. The van der Waals surface area contributed by atoms with E-state index in [1.807, 2.05) is 13.0 Å². The van der Waals surface area contributed by atoms with Crippen LogP contribution in [0.3, 0.4) is 0 Å². The topological polar surface area (TPSA) is 83.0 Å². The summed E-state index contributed by atoms with van der Waals surface area (Å²) in [5, 5.41) is 6.57. The Labute approximate surface area is 203 Å². The summed E-state index contributed by atoms with van der Waals surface area (Å²) in [6, 6.07) is 3.60. The van der Waals surface area contributed by atoms with Gasteiger partial charge < -0.3 is 15.4 Å². The van der Waals surface area contributed by atoms with Gasteiger partial charge in [-0.2, -0.15) is 4.31 Å². The number of aliphatic imine (C=N–C) groups is 1. The van der Waals surface area contributed by atoms with E-state index in [-0.39, 0.29) is 30.1 Å². The summed E-state index contributed by atoms with van der Waals surface area (Å²) in [4.78, 5) is 5.22. The molecule has 1 aliphatic rings. The van der Waals surface area contributed by atoms with E-state index in [2.05, 4.69) is 29.5 Å². The van der Waals surface area contributed by atoms with Crippen LogP contribution in [0.15, 0.2) is 21.3 Å². The molecule has 2 N–H and O–H groups in total. The van der Waals surface area contributed by atoms with E-state index in [1.165, 1.54) is 11.3 Å². The fraction of sp³-hybridized carbons (Fsp3) is 0.750. The number of hydrogen-bond donors (Lipinski definition) is 2. The third-order valence-electron chi connectivity index (χ3n) is 5.05. The maximum atomic E-state index is 12.8. The van der Waals surface area contributed by atoms with Crippen molar-refractivity contribution in [1.29, 1.82) is 0 Å². The molecule has 1 aromatic heterocycles. The Morgan fingerprint density at radius 1 is 1.23 bits per heavy atom. The van der Waals surface area contributed by atoms with E-state index in [0.717, 1.165) is 43.7 Å². The first-order valence-corrected chi connectivity index (χ1v) is 12.8. The molecule has 2 heterocycles. The van der Waals surface area contributed by atoms with Crippen LogP contribution in [0.4, 0.5) is 0 Å². The zero-order valence-corrected chi connectivity index (χ0v) is 22.5. The first kappa shape index (κ1) is 27.6. The van der Waals surface area contributed by atoms with Crippen molar-refractivity contribution in [2.45, 2.75) is 63.3 Å². The van der Waals surface area contributed by atoms with E-state index < -0.39 is 10.0 Å². The lowest BCUT2D eigenvalue weighted by Crippen LogP contribution is -2.38. The molecule has 1 fully saturated rings. The van der Waals surface area contributed by atoms with Crippen molar-refractivity contribution in [2.75, 3.05) is 33.3 Å². The van der Waals surface area contributed by atoms with Crippen LogP contribution in [0.25, 0.3) is 0 Å². The van der Waals surface area contributed by atoms with Crippen molar-refractivity contribution in [3.63, 3.8) is 0 Å². The Hall–Kier alpha value is -0.430. The largest absolute Gasteiger partial charge is 0.378 e. The highest BCUT2D eigenvalue weighted by Gasteiger charge is 2.27. The van der Waals surface area contributed by atoms with Crippen molar-refractivity contribution in [3.8, 4) is 0 Å². The van der Waals surface area contributed by atoms with Gasteiger partial charge in [-0.1, -0.05) is 20.3 Å². The number of piperidine rings is 1. The summed E-state index contributed by atoms with van der Waals surface area (Å²) in [5.74, 6) is 1.18. The number of nitrogens with zero attached hydrogens (tertiary/aromatic N) is 2. The molecular weight excluding hydrogens is 535 g/mol. The third kappa shape index (κ3) is 8.25. The molecule has 0 radical (unpaired) electrons. The molecule has 0 amide bonds. The van der Waals surface area contributed by atoms with E-state index >= 15 is 0 Å². The van der Waals surface area contributed by atoms with Crippen LogP contribution in [0.2, 0.25) is 0 Å². The molecule has 10 heteroatoms. The van der Waals surface area contributed by atoms with Crippen LogP contribution in [0.1, 0.15) is 51.3 Å². The summed E-state index contributed by atoms with van der Waals surface area (Å²) < 4.78 is 33.4. The number of nitrogens with one attached hydrogen (secondary N) is 2. The molecule has 0 bridgehead atoms. The first-order chi connectivity index (χ1) is 13.9. The van der Waals surface area contributed by atoms with Gasteiger partial charge in [-0.05, 0) is 44.2 Å². The molecule has 0 aliphatic carbocycles. The number of thiophene rings is 1. The predicted molar refractivity (Wildman–Crippen MR) is 135 cm³/mol. The van der Waals surface area contributed by atoms with Crippen LogP contribution < -0.4 is 10.6 Å². The third-order valence-corrected chi connectivity index (χ3v) is 8.50. The molecule has 30 heavy (non-hydrogen) atoms. The van der Waals surface area contributed by atoms with Gasteiger partial charge in [0, 0.05) is 38.2 Å². The number of guanidine groups is 1. The van der Waals surface area contributed by atoms with Gasteiger partial charge in [-0.25, -0.2) is 8.42 Å². The zero-order valence-electron chi connectivity index (χ0n) is 18.5. The van der Waals surface area contributed by atoms with Crippen LogP contribution in [0.5, 0.6) is 0 Å². The number of hydrogen-bond acceptors (Lipinski definition) is 5. The summed E-state index contributed by atoms with van der Waals surface area (Å²) in [5.41, 5.74) is 0. The standard InChI is InChI=1S/C20H36N4O3S2.HI/c1-5-27-18(16(2)3)11-12-22-20(21-4)23-15-17-9-10-19(28-17)29(25,26)24-13-7-6-8-14-24;/h9-10,16,18H,5-8,11-15H2,1-4H3,(H2,21,22,23);1H. The fourth-order valence-electron chi connectivity index (χ4n) is 3.37. The molecule has 1 aromatic rings. The van der Waals surface area contributed by atoms with Gasteiger partial charge in [-0.15, -0.1) is 35.3 Å². The van der Waals surface area contributed by atoms with Gasteiger partial charge >= 0.3 is 0 Å². The fourth-order valence-corrected chi connectivity index (χ4v) is 6.34. The quantitative estimate of drug-likeness (QED) is 0.254. The van der Waals surface area contributed by atoms with Gasteiger partial charge in [-0.3, -0.25) is 4.99 Å². The Bertz CT molecular complexity index is 747. The van der Waals surface area contributed by atoms with Crippen molar-refractivity contribution in [3.05, 3.63) is 17.0 Å². The van der Waals surface area contributed by atoms with E-state index in [4.69, 9.17) is 4.74 Å². The van der Waals surface area contributed by atoms with E-state index in [1.54, 1.807) is 17.4 Å². The zero-order chi connectivity index (χ0) is 21.3. The Balaban J connectivity index is 0.00000450. The van der Waals surface area contributed by atoms with Gasteiger partial charge in [0.2, 0.25) is 0 Å². The highest BCUT2D eigenvalue weighted by molar-refractivity contribution is 14.0. The highest BCUT2D eigenvalue weighted by Crippen LogP contribution is 2.27. The summed E-state index contributed by atoms with van der Waals surface area (Å²) >= 11 is 1.33. The second-order valence-electron chi connectivity index (χ2n) is 7.56. The van der Waals surface area contributed by atoms with Crippen molar-refractivity contribution < 1.29 is 13.2 Å². The predicted octanol–water partition coefficient (Wildman–Crippen LogP) is 3.66. The van der Waals surface area contributed by atoms with Gasteiger partial charge in [0.15, 0.2) is 5.96 Å². The average Bonchev–Trinajstić information content (AvgIpc) is 3.20. The van der Waals surface area contributed by atoms with E-state index in [9.17, 15) is 8.42 Å². The lowest BCUT2D eigenvalue weighted by Gasteiger charge is -2.25. The second kappa shape index (κ2) is 13.9. The minimum absolute atomic E-state index is 0. The van der Waals surface area contributed by atoms with Crippen LogP contribution >= 0.6 is 35.3 Å². The molecule has 2 rings (SSSR count). The van der Waals surface area contributed by atoms with Crippen molar-refractivity contribution >= 4 is 51.3 Å². The number of rotatable bonds is 10.